The van der Waals surface area contributed by atoms with Crippen LogP contribution in [0.4, 0.5) is 0 Å². The van der Waals surface area contributed by atoms with Crippen molar-refractivity contribution in [2.24, 2.45) is 0 Å². The summed E-state index contributed by atoms with van der Waals surface area (Å²) >= 11 is 0. The van der Waals surface area contributed by atoms with Crippen LogP contribution in [0.15, 0.2) is 12.2 Å². The molecule has 0 aliphatic rings. The van der Waals surface area contributed by atoms with Gasteiger partial charge in [-0.15, -0.1) is 0 Å². The molecule has 64 valence electrons. The Morgan fingerprint density at radius 3 is 2.55 bits per heavy atom. The monoisotopic (exact) mass is 156 g/mol. The molecule has 0 aliphatic heterocycles. The van der Waals surface area contributed by atoms with Gasteiger partial charge in [-0.05, 0) is 20.8 Å². The van der Waals surface area contributed by atoms with Gasteiger partial charge in [0.2, 0.25) is 0 Å². The van der Waals surface area contributed by atoms with Gasteiger partial charge in [0.05, 0.1) is 0 Å². The molecule has 0 amide bonds. The topological polar surface area (TPSA) is 26.3 Å². The summed E-state index contributed by atoms with van der Waals surface area (Å²) in [4.78, 5) is 11.2. The molecule has 2 nitrogen and oxygen atoms in total. The van der Waals surface area contributed by atoms with Gasteiger partial charge in [0.25, 0.3) is 0 Å². The zero-order valence-electron chi connectivity index (χ0n) is 7.52. The molecule has 0 saturated heterocycles. The van der Waals surface area contributed by atoms with Crippen LogP contribution in [0.5, 0.6) is 0 Å². The van der Waals surface area contributed by atoms with Crippen molar-refractivity contribution in [3.63, 3.8) is 0 Å². The second-order valence-electron chi connectivity index (χ2n) is 2.70. The van der Waals surface area contributed by atoms with E-state index in [1.165, 1.54) is 0 Å². The first-order valence-electron chi connectivity index (χ1n) is 3.86. The highest BCUT2D eigenvalue weighted by Crippen LogP contribution is 2.02. The predicted octanol–water partition coefficient (Wildman–Crippen LogP) is 1.95. The molecule has 0 aromatic carbocycles. The fourth-order valence-corrected chi connectivity index (χ4v) is 0.784. The van der Waals surface area contributed by atoms with Crippen molar-refractivity contribution in [3.8, 4) is 0 Å². The van der Waals surface area contributed by atoms with Crippen molar-refractivity contribution >= 4 is 5.78 Å². The van der Waals surface area contributed by atoms with Gasteiger partial charge in [0.1, 0.15) is 6.10 Å². The number of ketones is 1. The van der Waals surface area contributed by atoms with Crippen LogP contribution in [-0.4, -0.2) is 18.5 Å². The Morgan fingerprint density at radius 2 is 2.18 bits per heavy atom. The number of hydrogen-bond donors (Lipinski definition) is 0. The summed E-state index contributed by atoms with van der Waals surface area (Å²) < 4.78 is 5.11. The third-order valence-electron chi connectivity index (χ3n) is 1.35. The minimum absolute atomic E-state index is 0.111. The van der Waals surface area contributed by atoms with Gasteiger partial charge in [-0.3, -0.25) is 4.79 Å². The van der Waals surface area contributed by atoms with Crippen LogP contribution in [0.25, 0.3) is 0 Å². The number of hydrogen-bond acceptors (Lipinski definition) is 2. The molecule has 1 unspecified atom stereocenters. The van der Waals surface area contributed by atoms with Crippen molar-refractivity contribution in [1.29, 1.82) is 0 Å². The minimum atomic E-state index is -0.281. The van der Waals surface area contributed by atoms with Crippen molar-refractivity contribution in [2.75, 3.05) is 6.61 Å². The van der Waals surface area contributed by atoms with Crippen molar-refractivity contribution in [1.82, 2.24) is 0 Å². The molecule has 0 N–H and O–H groups in total. The maximum absolute atomic E-state index is 11.2. The first-order chi connectivity index (χ1) is 5.07. The molecule has 11 heavy (non-hydrogen) atoms. The van der Waals surface area contributed by atoms with Gasteiger partial charge in [0.15, 0.2) is 5.78 Å². The average Bonchev–Trinajstić information content (AvgIpc) is 1.86. The number of allylic oxidation sites excluding steroid dienone is 1. The molecule has 0 radical (unpaired) electrons. The first kappa shape index (κ1) is 10.4. The summed E-state index contributed by atoms with van der Waals surface area (Å²) in [5, 5.41) is 0. The molecule has 2 heteroatoms. The van der Waals surface area contributed by atoms with E-state index in [0.29, 0.717) is 13.0 Å². The first-order valence-corrected chi connectivity index (χ1v) is 3.86. The lowest BCUT2D eigenvalue weighted by molar-refractivity contribution is -0.128. The van der Waals surface area contributed by atoms with E-state index in [4.69, 9.17) is 4.74 Å². The number of carbonyl (C=O) groups is 1. The third-order valence-corrected chi connectivity index (χ3v) is 1.35. The summed E-state index contributed by atoms with van der Waals surface area (Å²) in [6.45, 7) is 9.74. The van der Waals surface area contributed by atoms with Crippen molar-refractivity contribution < 1.29 is 9.53 Å². The van der Waals surface area contributed by atoms with E-state index in [0.717, 1.165) is 5.57 Å². The molecule has 0 spiro atoms. The van der Waals surface area contributed by atoms with Gasteiger partial charge < -0.3 is 4.74 Å². The van der Waals surface area contributed by atoms with Crippen LogP contribution >= 0.6 is 0 Å². The van der Waals surface area contributed by atoms with Crippen LogP contribution in [0.1, 0.15) is 27.2 Å². The van der Waals surface area contributed by atoms with Gasteiger partial charge >= 0.3 is 0 Å². The zero-order valence-corrected chi connectivity index (χ0v) is 7.52. The maximum Gasteiger partial charge on any atom is 0.165 e. The molecule has 0 saturated carbocycles. The van der Waals surface area contributed by atoms with Gasteiger partial charge in [-0.2, -0.15) is 0 Å². The van der Waals surface area contributed by atoms with Gasteiger partial charge in [-0.25, -0.2) is 0 Å². The molecular formula is C9H16O2. The van der Waals surface area contributed by atoms with E-state index in [-0.39, 0.29) is 11.9 Å². The normalized spacial score (nSPS) is 12.6. The highest BCUT2D eigenvalue weighted by Gasteiger charge is 2.11. The highest BCUT2D eigenvalue weighted by atomic mass is 16.5. The lowest BCUT2D eigenvalue weighted by Crippen LogP contribution is -2.20. The Bertz CT molecular complexity index is 150. The van der Waals surface area contributed by atoms with E-state index < -0.39 is 0 Å². The predicted molar refractivity (Wildman–Crippen MR) is 45.5 cm³/mol. The van der Waals surface area contributed by atoms with Crippen LogP contribution in [0, 0.1) is 0 Å². The largest absolute Gasteiger partial charge is 0.371 e. The Hall–Kier alpha value is -0.630. The van der Waals surface area contributed by atoms with E-state index in [9.17, 15) is 4.79 Å². The van der Waals surface area contributed by atoms with Crippen LogP contribution in [-0.2, 0) is 9.53 Å². The van der Waals surface area contributed by atoms with Crippen LogP contribution < -0.4 is 0 Å². The smallest absolute Gasteiger partial charge is 0.165 e. The fourth-order valence-electron chi connectivity index (χ4n) is 0.784. The van der Waals surface area contributed by atoms with Crippen LogP contribution in [0.2, 0.25) is 0 Å². The zero-order chi connectivity index (χ0) is 8.85. The molecule has 0 aliphatic carbocycles. The Morgan fingerprint density at radius 1 is 1.64 bits per heavy atom. The Labute approximate surface area is 68.2 Å². The summed E-state index contributed by atoms with van der Waals surface area (Å²) in [5.74, 6) is 0.111. The van der Waals surface area contributed by atoms with Gasteiger partial charge in [-0.1, -0.05) is 12.2 Å². The lowest BCUT2D eigenvalue weighted by atomic mass is 10.1. The molecular weight excluding hydrogens is 140 g/mol. The minimum Gasteiger partial charge on any atom is -0.371 e. The average molecular weight is 156 g/mol. The van der Waals surface area contributed by atoms with E-state index >= 15 is 0 Å². The van der Waals surface area contributed by atoms with Crippen LogP contribution in [0.3, 0.4) is 0 Å². The number of rotatable bonds is 5. The molecule has 0 heterocycles. The summed E-state index contributed by atoms with van der Waals surface area (Å²) in [7, 11) is 0. The second-order valence-corrected chi connectivity index (χ2v) is 2.70. The Balaban J connectivity index is 3.73. The number of carbonyl (C=O) groups excluding carboxylic acids is 1. The molecule has 0 rings (SSSR count). The van der Waals surface area contributed by atoms with Crippen molar-refractivity contribution in [2.45, 2.75) is 33.3 Å². The number of Topliss-reactive ketones (excluding diaryl/α,β-unsaturated/α-hetero) is 1. The lowest BCUT2D eigenvalue weighted by Gasteiger charge is -2.09. The maximum atomic E-state index is 11.2. The molecule has 0 aromatic rings. The van der Waals surface area contributed by atoms with E-state index in [1.54, 1.807) is 6.92 Å². The summed E-state index contributed by atoms with van der Waals surface area (Å²) in [6.07, 6.45) is 0.151. The standard InChI is InChI=1S/C9H16O2/c1-5-11-8(4)9(10)6-7(2)3/h8H,2,5-6H2,1,3-4H3. The molecule has 0 fully saturated rings. The summed E-state index contributed by atoms with van der Waals surface area (Å²) in [5.41, 5.74) is 0.890. The van der Waals surface area contributed by atoms with E-state index in [2.05, 4.69) is 6.58 Å². The second kappa shape index (κ2) is 5.08. The fraction of sp³-hybridized carbons (Fsp3) is 0.667. The van der Waals surface area contributed by atoms with E-state index in [1.807, 2.05) is 13.8 Å². The highest BCUT2D eigenvalue weighted by molar-refractivity contribution is 5.84. The molecule has 0 aromatic heterocycles. The quantitative estimate of drug-likeness (QED) is 0.569. The number of ether oxygens (including phenoxy) is 1. The Kier molecular flexibility index (Phi) is 4.79. The third kappa shape index (κ3) is 4.73. The molecule has 1 atom stereocenters. The van der Waals surface area contributed by atoms with Gasteiger partial charge in [0, 0.05) is 13.0 Å². The molecule has 0 bridgehead atoms. The van der Waals surface area contributed by atoms with Crippen molar-refractivity contribution in [3.05, 3.63) is 12.2 Å². The SMILES string of the molecule is C=C(C)CC(=O)C(C)OCC. The summed E-state index contributed by atoms with van der Waals surface area (Å²) in [6, 6.07) is 0.